The monoisotopic (exact) mass is 965 g/mol. The molecule has 18 nitrogen and oxygen atoms in total. The zero-order valence-electron chi connectivity index (χ0n) is 40.0. The Labute approximate surface area is 410 Å². The van der Waals surface area contributed by atoms with E-state index in [4.69, 9.17) is 23.9 Å². The summed E-state index contributed by atoms with van der Waals surface area (Å²) in [6, 6.07) is 26.4. The van der Waals surface area contributed by atoms with Gasteiger partial charge in [0.05, 0.1) is 57.6 Å². The average molecular weight is 966 g/mol. The van der Waals surface area contributed by atoms with Crippen LogP contribution >= 0.6 is 0 Å². The number of nitrogens with one attached hydrogen (secondary N) is 4. The molecule has 0 bridgehead atoms. The lowest BCUT2D eigenvalue weighted by Gasteiger charge is -2.23. The van der Waals surface area contributed by atoms with Gasteiger partial charge in [-0.1, -0.05) is 36.4 Å². The standard InChI is InChI=1S/C53H55N7O11/c1-31-16-45(67-3)47(23-41(31)55-25-38-20-35-10-6-8-12-43(35)59(38)30-61)70-28-33-17-34(19-37(18-33)52(65)57-27-49(62)58-32(2)51(64)54-15-14-50(63)69-5)29-71-48-24-42-40(22-46(48)68-4)53(66)60-39(26-56-42)21-36-11-7-9-13-44(36)60/h6-13,16-19,22-24,26,30,32,38-39,55H,14-15,20-21,25,27-29H2,1-5H3,(H,54,64)(H,57,65)(H,58,62)/t32?,38?,39-/m0/s1. The highest BCUT2D eigenvalue weighted by atomic mass is 16.5. The van der Waals surface area contributed by atoms with Crippen molar-refractivity contribution in [3.05, 3.63) is 130 Å². The Bertz CT molecular complexity index is 2900. The highest BCUT2D eigenvalue weighted by Gasteiger charge is 2.37. The Hall–Kier alpha value is -8.41. The van der Waals surface area contributed by atoms with E-state index in [1.807, 2.05) is 73.7 Å². The second kappa shape index (κ2) is 21.9. The van der Waals surface area contributed by atoms with Gasteiger partial charge in [-0.05, 0) is 90.6 Å². The summed E-state index contributed by atoms with van der Waals surface area (Å²) in [6.07, 6.45) is 3.95. The second-order valence-corrected chi connectivity index (χ2v) is 17.3. The Morgan fingerprint density at radius 2 is 1.46 bits per heavy atom. The first-order valence-corrected chi connectivity index (χ1v) is 23.1. The third-order valence-electron chi connectivity index (χ3n) is 12.5. The van der Waals surface area contributed by atoms with Crippen molar-refractivity contribution >= 4 is 65.0 Å². The molecule has 3 atom stereocenters. The fourth-order valence-corrected chi connectivity index (χ4v) is 8.88. The number of anilines is 3. The summed E-state index contributed by atoms with van der Waals surface area (Å²) < 4.78 is 28.8. The molecule has 0 radical (unpaired) electrons. The molecule has 5 aromatic carbocycles. The van der Waals surface area contributed by atoms with E-state index >= 15 is 0 Å². The van der Waals surface area contributed by atoms with Crippen molar-refractivity contribution in [1.82, 2.24) is 16.0 Å². The van der Waals surface area contributed by atoms with Crippen LogP contribution in [0.3, 0.4) is 0 Å². The van der Waals surface area contributed by atoms with Gasteiger partial charge in [-0.25, -0.2) is 0 Å². The summed E-state index contributed by atoms with van der Waals surface area (Å²) in [7, 11) is 4.27. The van der Waals surface area contributed by atoms with Crippen molar-refractivity contribution in [3.8, 4) is 23.0 Å². The van der Waals surface area contributed by atoms with E-state index in [0.29, 0.717) is 64.8 Å². The fourth-order valence-electron chi connectivity index (χ4n) is 8.88. The van der Waals surface area contributed by atoms with Crippen LogP contribution in [-0.2, 0) is 50.0 Å². The summed E-state index contributed by atoms with van der Waals surface area (Å²) in [5.41, 5.74) is 7.67. The third kappa shape index (κ3) is 11.1. The van der Waals surface area contributed by atoms with Crippen molar-refractivity contribution < 1.29 is 52.5 Å². The molecule has 368 valence electrons. The summed E-state index contributed by atoms with van der Waals surface area (Å²) in [5, 5.41) is 11.2. The molecule has 18 heteroatoms. The molecule has 71 heavy (non-hydrogen) atoms. The van der Waals surface area contributed by atoms with Gasteiger partial charge < -0.3 is 49.9 Å². The van der Waals surface area contributed by atoms with Gasteiger partial charge >= 0.3 is 5.97 Å². The molecule has 0 saturated heterocycles. The zero-order valence-corrected chi connectivity index (χ0v) is 40.0. The van der Waals surface area contributed by atoms with E-state index < -0.39 is 36.3 Å². The number of esters is 1. The number of fused-ring (bicyclic) bond motifs is 5. The second-order valence-electron chi connectivity index (χ2n) is 17.3. The van der Waals surface area contributed by atoms with Crippen LogP contribution in [0, 0.1) is 6.92 Å². The van der Waals surface area contributed by atoms with E-state index in [9.17, 15) is 28.8 Å². The van der Waals surface area contributed by atoms with Crippen LogP contribution in [0.15, 0.2) is 96.0 Å². The SMILES string of the molecule is COC(=O)CCNC(=O)C(C)NC(=O)CNC(=O)c1cc(COc2cc3c(cc2OC)C(=O)N2c4ccccc4C[C@H]2C=N3)cc(COc2cc(NCC3Cc4ccccc4N3C=O)c(C)cc2OC)c1. The number of nitrogens with zero attached hydrogens (tertiary/aromatic N) is 3. The number of para-hydroxylation sites is 2. The number of hydrogen-bond donors (Lipinski definition) is 4. The Balaban J connectivity index is 1.00. The maximum Gasteiger partial charge on any atom is 0.307 e. The molecule has 0 saturated carbocycles. The molecule has 0 spiro atoms. The van der Waals surface area contributed by atoms with Gasteiger partial charge in [-0.3, -0.25) is 38.7 Å². The number of aliphatic imine (C=N–C) groups is 1. The van der Waals surface area contributed by atoms with E-state index in [1.165, 1.54) is 21.1 Å². The highest BCUT2D eigenvalue weighted by Crippen LogP contribution is 2.41. The number of carbonyl (C=O) groups excluding carboxylic acids is 6. The van der Waals surface area contributed by atoms with Gasteiger partial charge in [-0.15, -0.1) is 0 Å². The van der Waals surface area contributed by atoms with E-state index in [-0.39, 0.29) is 49.7 Å². The topological polar surface area (TPSA) is 216 Å². The maximum atomic E-state index is 14.0. The van der Waals surface area contributed by atoms with Crippen LogP contribution in [0.5, 0.6) is 23.0 Å². The van der Waals surface area contributed by atoms with Crippen LogP contribution in [0.2, 0.25) is 0 Å². The number of methoxy groups -OCH3 is 3. The number of rotatable bonds is 20. The molecule has 2 unspecified atom stereocenters. The number of ether oxygens (including phenoxy) is 5. The minimum absolute atomic E-state index is 0.0211. The number of benzene rings is 5. The zero-order chi connectivity index (χ0) is 50.2. The molecule has 3 aliphatic rings. The molecule has 8 rings (SSSR count). The molecule has 0 aromatic heterocycles. The summed E-state index contributed by atoms with van der Waals surface area (Å²) >= 11 is 0. The van der Waals surface area contributed by atoms with Crippen LogP contribution in [-0.4, -0.2) is 101 Å². The van der Waals surface area contributed by atoms with Crippen LogP contribution < -0.4 is 50.0 Å². The van der Waals surface area contributed by atoms with Gasteiger partial charge in [0.2, 0.25) is 18.2 Å². The lowest BCUT2D eigenvalue weighted by molar-refractivity contribution is -0.140. The fraction of sp³-hybridized carbons (Fsp3) is 0.302. The van der Waals surface area contributed by atoms with E-state index in [0.717, 1.165) is 40.2 Å². The first-order chi connectivity index (χ1) is 34.4. The lowest BCUT2D eigenvalue weighted by atomic mass is 10.1. The third-order valence-corrected chi connectivity index (χ3v) is 12.5. The molecule has 5 amide bonds. The molecule has 5 aromatic rings. The van der Waals surface area contributed by atoms with E-state index in [1.54, 1.807) is 47.4 Å². The van der Waals surface area contributed by atoms with Crippen molar-refractivity contribution in [2.75, 3.05) is 56.1 Å². The minimum atomic E-state index is -0.954. The minimum Gasteiger partial charge on any atom is -0.493 e. The predicted octanol–water partition coefficient (Wildman–Crippen LogP) is 5.37. The van der Waals surface area contributed by atoms with Gasteiger partial charge in [0, 0.05) is 60.5 Å². The molecule has 3 heterocycles. The maximum absolute atomic E-state index is 14.0. The number of carbonyl (C=O) groups is 6. The summed E-state index contributed by atoms with van der Waals surface area (Å²) in [5.74, 6) is -0.904. The molecule has 0 aliphatic carbocycles. The molecule has 3 aliphatic heterocycles. The predicted molar refractivity (Wildman–Crippen MR) is 265 cm³/mol. The van der Waals surface area contributed by atoms with Crippen LogP contribution in [0.1, 0.15) is 61.9 Å². The smallest absolute Gasteiger partial charge is 0.307 e. The van der Waals surface area contributed by atoms with Gasteiger partial charge in [0.1, 0.15) is 19.3 Å². The van der Waals surface area contributed by atoms with Crippen molar-refractivity contribution in [1.29, 1.82) is 0 Å². The quantitative estimate of drug-likeness (QED) is 0.0573. The average Bonchev–Trinajstić information content (AvgIpc) is 3.91. The normalized spacial score (nSPS) is 15.5. The van der Waals surface area contributed by atoms with Gasteiger partial charge in [0.25, 0.3) is 11.8 Å². The molecular formula is C53H55N7O11. The Kier molecular flexibility index (Phi) is 15.1. The van der Waals surface area contributed by atoms with Crippen molar-refractivity contribution in [3.63, 3.8) is 0 Å². The summed E-state index contributed by atoms with van der Waals surface area (Å²) in [6.45, 7) is 3.40. The summed E-state index contributed by atoms with van der Waals surface area (Å²) in [4.78, 5) is 85.0. The van der Waals surface area contributed by atoms with Crippen molar-refractivity contribution in [2.24, 2.45) is 4.99 Å². The molecule has 0 fully saturated rings. The number of aryl methyl sites for hydroxylation is 1. The van der Waals surface area contributed by atoms with Crippen LogP contribution in [0.4, 0.5) is 22.7 Å². The first-order valence-electron chi connectivity index (χ1n) is 23.1. The molecule has 4 N–H and O–H groups in total. The molecular weight excluding hydrogens is 911 g/mol. The lowest BCUT2D eigenvalue weighted by Crippen LogP contribution is -2.48. The van der Waals surface area contributed by atoms with Crippen LogP contribution in [0.25, 0.3) is 0 Å². The Morgan fingerprint density at radius 3 is 2.15 bits per heavy atom. The van der Waals surface area contributed by atoms with Gasteiger partial charge in [-0.2, -0.15) is 0 Å². The number of hydrogen-bond acceptors (Lipinski definition) is 13. The van der Waals surface area contributed by atoms with E-state index in [2.05, 4.69) is 26.0 Å². The van der Waals surface area contributed by atoms with Crippen molar-refractivity contribution in [2.45, 2.75) is 64.4 Å². The highest BCUT2D eigenvalue weighted by molar-refractivity contribution is 6.14. The van der Waals surface area contributed by atoms with Gasteiger partial charge in [0.15, 0.2) is 23.0 Å². The Morgan fingerprint density at radius 1 is 0.803 bits per heavy atom. The largest absolute Gasteiger partial charge is 0.493 e. The number of amides is 5. The first kappa shape index (κ1) is 49.0.